The highest BCUT2D eigenvalue weighted by Crippen LogP contribution is 2.24. The van der Waals surface area contributed by atoms with Crippen molar-refractivity contribution in [1.29, 1.82) is 0 Å². The molecule has 0 fully saturated rings. The summed E-state index contributed by atoms with van der Waals surface area (Å²) in [4.78, 5) is 22.5. The smallest absolute Gasteiger partial charge is 0.346 e. The number of hydrogen-bond acceptors (Lipinski definition) is 6. The van der Waals surface area contributed by atoms with Crippen LogP contribution in [0.5, 0.6) is 5.88 Å². The van der Waals surface area contributed by atoms with Crippen LogP contribution in [-0.2, 0) is 0 Å². The van der Waals surface area contributed by atoms with Gasteiger partial charge in [-0.1, -0.05) is 23.7 Å². The Morgan fingerprint density at radius 3 is 2.44 bits per heavy atom. The van der Waals surface area contributed by atoms with Crippen LogP contribution in [0.4, 0.5) is 5.69 Å². The van der Waals surface area contributed by atoms with E-state index >= 15 is 0 Å². The minimum atomic E-state index is -0.850. The zero-order valence-corrected chi connectivity index (χ0v) is 15.2. The molecular formula is C19H14ClN3O4. The van der Waals surface area contributed by atoms with Gasteiger partial charge in [0.1, 0.15) is 0 Å². The topological polar surface area (TPSA) is 95.2 Å². The number of nitrogens with zero attached hydrogens (tertiary/aromatic N) is 3. The Morgan fingerprint density at radius 2 is 1.81 bits per heavy atom. The molecule has 27 heavy (non-hydrogen) atoms. The molecule has 0 saturated heterocycles. The Bertz CT molecular complexity index is 1040. The van der Waals surface area contributed by atoms with E-state index < -0.39 is 10.9 Å². The van der Waals surface area contributed by atoms with Crippen LogP contribution >= 0.6 is 11.6 Å². The number of aromatic nitrogens is 2. The van der Waals surface area contributed by atoms with E-state index in [1.54, 1.807) is 6.07 Å². The molecule has 0 saturated carbocycles. The molecule has 3 rings (SSSR count). The van der Waals surface area contributed by atoms with E-state index in [-0.39, 0.29) is 22.2 Å². The molecule has 0 bridgehead atoms. The van der Waals surface area contributed by atoms with E-state index in [2.05, 4.69) is 10.2 Å². The minimum Gasteiger partial charge on any atom is -0.402 e. The van der Waals surface area contributed by atoms with Crippen LogP contribution in [0.15, 0.2) is 48.5 Å². The fourth-order valence-electron chi connectivity index (χ4n) is 2.36. The summed E-state index contributed by atoms with van der Waals surface area (Å²) < 4.78 is 5.13. The number of esters is 1. The van der Waals surface area contributed by atoms with E-state index in [1.165, 1.54) is 23.8 Å². The zero-order valence-electron chi connectivity index (χ0n) is 14.5. The molecule has 0 spiro atoms. The van der Waals surface area contributed by atoms with Crippen LogP contribution in [0.25, 0.3) is 11.3 Å². The predicted octanol–water partition coefficient (Wildman–Crippen LogP) is 4.54. The van der Waals surface area contributed by atoms with E-state index in [4.69, 9.17) is 16.3 Å². The molecule has 8 heteroatoms. The molecule has 0 radical (unpaired) electrons. The lowest BCUT2D eigenvalue weighted by molar-refractivity contribution is -0.384. The number of nitro groups is 1. The Kier molecular flexibility index (Phi) is 5.14. The summed E-state index contributed by atoms with van der Waals surface area (Å²) >= 11 is 5.94. The highest BCUT2D eigenvalue weighted by Gasteiger charge is 2.18. The average Bonchev–Trinajstić information content (AvgIpc) is 2.64. The maximum absolute atomic E-state index is 12.2. The van der Waals surface area contributed by atoms with Gasteiger partial charge in [-0.2, -0.15) is 0 Å². The molecule has 0 aliphatic carbocycles. The molecule has 0 atom stereocenters. The van der Waals surface area contributed by atoms with Crippen molar-refractivity contribution in [3.05, 3.63) is 80.4 Å². The number of hydrogen-bond donors (Lipinski definition) is 0. The molecule has 2 aromatic carbocycles. The van der Waals surface area contributed by atoms with Gasteiger partial charge >= 0.3 is 5.97 Å². The van der Waals surface area contributed by atoms with Gasteiger partial charge in [-0.05, 0) is 43.2 Å². The largest absolute Gasteiger partial charge is 0.402 e. The summed E-state index contributed by atoms with van der Waals surface area (Å²) in [5, 5.41) is 18.9. The number of benzene rings is 2. The van der Waals surface area contributed by atoms with Crippen LogP contribution in [0.2, 0.25) is 5.02 Å². The summed E-state index contributed by atoms with van der Waals surface area (Å²) in [6.07, 6.45) is 0. The van der Waals surface area contributed by atoms with E-state index in [1.807, 2.05) is 32.0 Å². The van der Waals surface area contributed by atoms with Crippen LogP contribution < -0.4 is 4.74 Å². The maximum atomic E-state index is 12.2. The first-order valence-electron chi connectivity index (χ1n) is 7.92. The van der Waals surface area contributed by atoms with Gasteiger partial charge < -0.3 is 4.74 Å². The molecule has 136 valence electrons. The van der Waals surface area contributed by atoms with Crippen molar-refractivity contribution in [3.8, 4) is 17.1 Å². The molecule has 0 unspecified atom stereocenters. The number of non-ortho nitro benzene ring substituents is 1. The number of ether oxygens (including phenoxy) is 1. The summed E-state index contributed by atoms with van der Waals surface area (Å²) in [6.45, 7) is 4.03. The van der Waals surface area contributed by atoms with Crippen molar-refractivity contribution in [2.75, 3.05) is 0 Å². The monoisotopic (exact) mass is 383 g/mol. The minimum absolute atomic E-state index is 0.0323. The highest BCUT2D eigenvalue weighted by atomic mass is 35.5. The zero-order chi connectivity index (χ0) is 19.6. The van der Waals surface area contributed by atoms with Crippen molar-refractivity contribution in [3.63, 3.8) is 0 Å². The fourth-order valence-corrected chi connectivity index (χ4v) is 2.56. The van der Waals surface area contributed by atoms with Crippen LogP contribution in [0.3, 0.4) is 0 Å². The number of carbonyl (C=O) groups excluding carboxylic acids is 1. The van der Waals surface area contributed by atoms with Crippen molar-refractivity contribution in [2.24, 2.45) is 0 Å². The van der Waals surface area contributed by atoms with Crippen LogP contribution in [0.1, 0.15) is 21.5 Å². The number of nitro benzene ring substituents is 1. The molecular weight excluding hydrogens is 370 g/mol. The van der Waals surface area contributed by atoms with Crippen LogP contribution in [-0.4, -0.2) is 21.1 Å². The summed E-state index contributed by atoms with van der Waals surface area (Å²) in [6, 6.07) is 12.6. The Balaban J connectivity index is 1.80. The maximum Gasteiger partial charge on any atom is 0.346 e. The van der Waals surface area contributed by atoms with E-state index in [0.29, 0.717) is 5.69 Å². The van der Waals surface area contributed by atoms with Gasteiger partial charge in [0.05, 0.1) is 21.2 Å². The van der Waals surface area contributed by atoms with Gasteiger partial charge in [0, 0.05) is 23.8 Å². The summed E-state index contributed by atoms with van der Waals surface area (Å²) in [5.74, 6) is -0.882. The first-order valence-corrected chi connectivity index (χ1v) is 8.30. The summed E-state index contributed by atoms with van der Waals surface area (Å²) in [5.41, 5.74) is 3.45. The molecule has 0 N–H and O–H groups in total. The Labute approximate surface area is 159 Å². The van der Waals surface area contributed by atoms with Crippen molar-refractivity contribution >= 4 is 23.3 Å². The third-order valence-corrected chi connectivity index (χ3v) is 4.35. The molecule has 3 aromatic rings. The highest BCUT2D eigenvalue weighted by molar-refractivity contribution is 6.33. The number of aryl methyl sites for hydroxylation is 2. The normalized spacial score (nSPS) is 10.5. The Morgan fingerprint density at radius 1 is 1.04 bits per heavy atom. The van der Waals surface area contributed by atoms with Gasteiger partial charge in [-0.15, -0.1) is 10.2 Å². The number of rotatable bonds is 4. The molecule has 0 amide bonds. The molecule has 0 aliphatic rings. The van der Waals surface area contributed by atoms with Gasteiger partial charge in [0.15, 0.2) is 0 Å². The van der Waals surface area contributed by atoms with Crippen LogP contribution in [0, 0.1) is 24.0 Å². The lowest BCUT2D eigenvalue weighted by Gasteiger charge is -2.06. The SMILES string of the molecule is Cc1ccc(-c2ccc(OC(=O)c3cc([N+](=O)[O-])ccc3Cl)nn2)cc1C. The Hall–Kier alpha value is -3.32. The third-order valence-electron chi connectivity index (χ3n) is 4.02. The second-order valence-corrected chi connectivity index (χ2v) is 6.27. The van der Waals surface area contributed by atoms with Crippen molar-refractivity contribution < 1.29 is 14.5 Å². The molecule has 0 aliphatic heterocycles. The van der Waals surface area contributed by atoms with Crippen molar-refractivity contribution in [2.45, 2.75) is 13.8 Å². The van der Waals surface area contributed by atoms with Crippen molar-refractivity contribution in [1.82, 2.24) is 10.2 Å². The lowest BCUT2D eigenvalue weighted by Crippen LogP contribution is -2.11. The van der Waals surface area contributed by atoms with E-state index in [9.17, 15) is 14.9 Å². The van der Waals surface area contributed by atoms with Gasteiger partial charge in [0.25, 0.3) is 5.69 Å². The summed E-state index contributed by atoms with van der Waals surface area (Å²) in [7, 11) is 0. The average molecular weight is 384 g/mol. The van der Waals surface area contributed by atoms with E-state index in [0.717, 1.165) is 17.2 Å². The number of halogens is 1. The lowest BCUT2D eigenvalue weighted by atomic mass is 10.0. The fraction of sp³-hybridized carbons (Fsp3) is 0.105. The first kappa shape index (κ1) is 18.5. The van der Waals surface area contributed by atoms with Gasteiger partial charge in [-0.25, -0.2) is 4.79 Å². The molecule has 7 nitrogen and oxygen atoms in total. The second kappa shape index (κ2) is 7.51. The quantitative estimate of drug-likeness (QED) is 0.373. The number of carbonyl (C=O) groups is 1. The van der Waals surface area contributed by atoms with Gasteiger partial charge in [0.2, 0.25) is 5.88 Å². The molecule has 1 heterocycles. The third kappa shape index (κ3) is 4.09. The van der Waals surface area contributed by atoms with Gasteiger partial charge in [-0.3, -0.25) is 10.1 Å². The predicted molar refractivity (Wildman–Crippen MR) is 100 cm³/mol. The second-order valence-electron chi connectivity index (χ2n) is 5.87. The molecule has 1 aromatic heterocycles. The standard InChI is InChI=1S/C19H14ClN3O4/c1-11-3-4-13(9-12(11)2)17-7-8-18(22-21-17)27-19(24)15-10-14(23(25)26)5-6-16(15)20/h3-10H,1-2H3. The first-order chi connectivity index (χ1) is 12.8.